The van der Waals surface area contributed by atoms with Crippen LogP contribution in [0.2, 0.25) is 0 Å². The number of fused-ring (bicyclic) bond motifs is 5. The molecule has 1 heterocycles. The molecule has 0 aliphatic carbocycles. The van der Waals surface area contributed by atoms with Gasteiger partial charge in [-0.25, -0.2) is 0 Å². The number of benzene rings is 8. The Bertz CT molecular complexity index is 2720. The first-order valence-electron chi connectivity index (χ1n) is 17.5. The van der Waals surface area contributed by atoms with E-state index in [-0.39, 0.29) is 29.7 Å². The largest absolute Gasteiger partial charge is 0.456 e. The van der Waals surface area contributed by atoms with Crippen molar-refractivity contribution >= 4 is 43.5 Å². The summed E-state index contributed by atoms with van der Waals surface area (Å²) in [7, 11) is 0. The highest BCUT2D eigenvalue weighted by Crippen LogP contribution is 2.46. The predicted molar refractivity (Wildman–Crippen MR) is 190 cm³/mol. The summed E-state index contributed by atoms with van der Waals surface area (Å²) in [5.74, 6) is 0. The number of hydrogen-bond donors (Lipinski definition) is 0. The highest BCUT2D eigenvalue weighted by Gasteiger charge is 2.20. The first kappa shape index (κ1) is 20.9. The van der Waals surface area contributed by atoms with Crippen LogP contribution < -0.4 is 0 Å². The van der Waals surface area contributed by atoms with E-state index >= 15 is 0 Å². The fourth-order valence-corrected chi connectivity index (χ4v) is 6.79. The van der Waals surface area contributed by atoms with E-state index in [9.17, 15) is 0 Å². The Hall–Kier alpha value is -5.92. The van der Waals surface area contributed by atoms with Crippen molar-refractivity contribution < 1.29 is 11.3 Å². The Kier molecular flexibility index (Phi) is 4.81. The Balaban J connectivity index is 1.30. The smallest absolute Gasteiger partial charge is 0.136 e. The van der Waals surface area contributed by atoms with Gasteiger partial charge in [0.15, 0.2) is 0 Å². The van der Waals surface area contributed by atoms with Gasteiger partial charge in [0.25, 0.3) is 0 Å². The lowest BCUT2D eigenvalue weighted by Crippen LogP contribution is -1.92. The summed E-state index contributed by atoms with van der Waals surface area (Å²) in [6.07, 6.45) is 0. The van der Waals surface area contributed by atoms with Gasteiger partial charge in [0, 0.05) is 10.8 Å². The van der Waals surface area contributed by atoms with E-state index in [1.807, 2.05) is 42.5 Å². The molecule has 9 rings (SSSR count). The van der Waals surface area contributed by atoms with Crippen LogP contribution in [0.5, 0.6) is 0 Å². The van der Waals surface area contributed by atoms with E-state index in [4.69, 9.17) is 11.3 Å². The van der Waals surface area contributed by atoms with Gasteiger partial charge >= 0.3 is 0 Å². The van der Waals surface area contributed by atoms with Crippen LogP contribution in [0.25, 0.3) is 88.0 Å². The molecule has 1 aromatic heterocycles. The molecule has 0 unspecified atom stereocenters. The van der Waals surface area contributed by atoms with E-state index in [0.29, 0.717) is 5.56 Å². The molecule has 45 heavy (non-hydrogen) atoms. The summed E-state index contributed by atoms with van der Waals surface area (Å²) >= 11 is 0. The number of furan rings is 1. The summed E-state index contributed by atoms with van der Waals surface area (Å²) in [5, 5.41) is 6.56. The first-order chi connectivity index (χ1) is 24.4. The van der Waals surface area contributed by atoms with E-state index < -0.39 is 6.04 Å². The maximum Gasteiger partial charge on any atom is 0.136 e. The first-order valence-corrected chi connectivity index (χ1v) is 15.0. The zero-order chi connectivity index (χ0) is 34.1. The third-order valence-electron chi connectivity index (χ3n) is 8.75. The van der Waals surface area contributed by atoms with Crippen LogP contribution in [-0.4, -0.2) is 0 Å². The van der Waals surface area contributed by atoms with Gasteiger partial charge in [-0.2, -0.15) is 0 Å². The van der Waals surface area contributed by atoms with Crippen molar-refractivity contribution in [2.24, 2.45) is 0 Å². The number of rotatable bonds is 4. The molecule has 0 atom stereocenters. The van der Waals surface area contributed by atoms with E-state index in [0.717, 1.165) is 76.9 Å². The van der Waals surface area contributed by atoms with Crippen LogP contribution in [0, 0.1) is 0 Å². The summed E-state index contributed by atoms with van der Waals surface area (Å²) in [4.78, 5) is 0. The topological polar surface area (TPSA) is 13.1 Å². The maximum absolute atomic E-state index is 8.48. The molecule has 0 aliphatic heterocycles. The molecular weight excluding hydrogens is 544 g/mol. The van der Waals surface area contributed by atoms with Gasteiger partial charge in [-0.05, 0) is 84.3 Å². The average Bonchev–Trinajstić information content (AvgIpc) is 3.54. The zero-order valence-corrected chi connectivity index (χ0v) is 24.2. The lowest BCUT2D eigenvalue weighted by Gasteiger charge is -2.18. The molecule has 0 spiro atoms. The van der Waals surface area contributed by atoms with Crippen molar-refractivity contribution in [3.8, 4) is 44.5 Å². The van der Waals surface area contributed by atoms with Gasteiger partial charge in [0.2, 0.25) is 0 Å². The standard InChI is InChI=1S/C44H28O/c1-3-13-29(14-4-1)30-23-25-32(26-24-30)42-34-17-7-9-19-36(34)43(37-20-10-8-18-35(37)42)33-27-39(31-15-5-2-6-16-31)44-38-21-11-12-22-40(38)45-41(44)28-33/h1-28H/i1D,3D,4D,13D,14D. The molecule has 0 bridgehead atoms. The molecule has 0 fully saturated rings. The minimum absolute atomic E-state index is 0.197. The Morgan fingerprint density at radius 2 is 0.911 bits per heavy atom. The third-order valence-corrected chi connectivity index (χ3v) is 8.75. The zero-order valence-electron chi connectivity index (χ0n) is 29.2. The lowest BCUT2D eigenvalue weighted by molar-refractivity contribution is 0.669. The van der Waals surface area contributed by atoms with Gasteiger partial charge in [-0.15, -0.1) is 0 Å². The van der Waals surface area contributed by atoms with Crippen LogP contribution >= 0.6 is 0 Å². The van der Waals surface area contributed by atoms with Gasteiger partial charge in [-0.1, -0.05) is 152 Å². The monoisotopic (exact) mass is 577 g/mol. The Morgan fingerprint density at radius 1 is 0.378 bits per heavy atom. The van der Waals surface area contributed by atoms with Crippen molar-refractivity contribution in [3.05, 3.63) is 170 Å². The van der Waals surface area contributed by atoms with Crippen molar-refractivity contribution in [1.29, 1.82) is 0 Å². The van der Waals surface area contributed by atoms with Gasteiger partial charge in [0.05, 0.1) is 6.85 Å². The summed E-state index contributed by atoms with van der Waals surface area (Å²) in [5.41, 5.74) is 8.92. The lowest BCUT2D eigenvalue weighted by atomic mass is 9.84. The fraction of sp³-hybridized carbons (Fsp3) is 0. The van der Waals surface area contributed by atoms with Crippen molar-refractivity contribution in [3.63, 3.8) is 0 Å². The third kappa shape index (κ3) is 4.17. The van der Waals surface area contributed by atoms with Crippen LogP contribution in [0.1, 0.15) is 6.85 Å². The molecule has 0 aliphatic rings. The minimum Gasteiger partial charge on any atom is -0.456 e. The molecule has 0 saturated carbocycles. The van der Waals surface area contributed by atoms with E-state index in [1.165, 1.54) is 0 Å². The second-order valence-electron chi connectivity index (χ2n) is 11.3. The minimum atomic E-state index is -0.395. The summed E-state index contributed by atoms with van der Waals surface area (Å²) in [6.45, 7) is 0. The molecule has 9 aromatic rings. The quantitative estimate of drug-likeness (QED) is 0.190. The van der Waals surface area contributed by atoms with Gasteiger partial charge in [-0.3, -0.25) is 0 Å². The molecule has 210 valence electrons. The molecule has 1 heteroatoms. The Morgan fingerprint density at radius 3 is 1.56 bits per heavy atom. The second kappa shape index (κ2) is 10.4. The van der Waals surface area contributed by atoms with Crippen molar-refractivity contribution in [1.82, 2.24) is 0 Å². The average molecular weight is 578 g/mol. The molecule has 0 saturated heterocycles. The highest BCUT2D eigenvalue weighted by molar-refractivity contribution is 6.23. The van der Waals surface area contributed by atoms with Crippen LogP contribution in [0.15, 0.2) is 174 Å². The van der Waals surface area contributed by atoms with Crippen LogP contribution in [-0.2, 0) is 0 Å². The molecular formula is C44H28O. The Labute approximate surface area is 268 Å². The molecule has 1 nitrogen and oxygen atoms in total. The summed E-state index contributed by atoms with van der Waals surface area (Å²) in [6, 6.07) is 46.2. The SMILES string of the molecule is [2H]c1c([2H])c([2H])c(-c2ccc(-c3c4ccccc4c(-c4cc(-c5ccccc5)c5c(c4)oc4ccccc45)c4ccccc34)cc2)c([2H])c1[2H]. The van der Waals surface area contributed by atoms with Crippen LogP contribution in [0.4, 0.5) is 0 Å². The molecule has 8 aromatic carbocycles. The van der Waals surface area contributed by atoms with Gasteiger partial charge in [0.1, 0.15) is 11.2 Å². The highest BCUT2D eigenvalue weighted by atomic mass is 16.3. The van der Waals surface area contributed by atoms with Crippen molar-refractivity contribution in [2.45, 2.75) is 0 Å². The van der Waals surface area contributed by atoms with E-state index in [1.54, 1.807) is 0 Å². The van der Waals surface area contributed by atoms with Gasteiger partial charge < -0.3 is 4.42 Å². The number of para-hydroxylation sites is 1. The molecule has 0 N–H and O–H groups in total. The fourth-order valence-electron chi connectivity index (χ4n) is 6.79. The van der Waals surface area contributed by atoms with Crippen molar-refractivity contribution in [2.75, 3.05) is 0 Å². The molecule has 0 amide bonds. The normalized spacial score (nSPS) is 13.1. The van der Waals surface area contributed by atoms with Crippen LogP contribution in [0.3, 0.4) is 0 Å². The predicted octanol–water partition coefficient (Wildman–Crippen LogP) is 12.6. The molecule has 0 radical (unpaired) electrons. The summed E-state index contributed by atoms with van der Waals surface area (Å²) < 4.78 is 47.8. The number of hydrogen-bond acceptors (Lipinski definition) is 1. The second-order valence-corrected chi connectivity index (χ2v) is 11.3. The maximum atomic E-state index is 8.48. The van der Waals surface area contributed by atoms with E-state index in [2.05, 4.69) is 97.1 Å².